The lowest BCUT2D eigenvalue weighted by atomic mass is 10.1. The number of aryl methyl sites for hydroxylation is 2. The van der Waals surface area contributed by atoms with Gasteiger partial charge in [-0.05, 0) is 133 Å². The largest absolute Gasteiger partial charge is 0.497 e. The number of ether oxygens (including phenoxy) is 4. The molecule has 16 rings (SSSR count). The lowest BCUT2D eigenvalue weighted by Crippen LogP contribution is -2.15. The fourth-order valence-corrected chi connectivity index (χ4v) is 11.0. The maximum Gasteiger partial charge on any atom is 0.280 e. The molecule has 0 unspecified atom stereocenters. The van der Waals surface area contributed by atoms with Gasteiger partial charge in [0.1, 0.15) is 28.7 Å². The van der Waals surface area contributed by atoms with E-state index < -0.39 is 28.2 Å². The molecular formula is C72H60N12O10. The van der Waals surface area contributed by atoms with Gasteiger partial charge in [0, 0.05) is 58.5 Å². The molecule has 94 heavy (non-hydrogen) atoms. The molecule has 8 heterocycles. The first-order valence-corrected chi connectivity index (χ1v) is 28.8. The Labute approximate surface area is 549 Å². The number of rotatable bonds is 10. The van der Waals surface area contributed by atoms with Gasteiger partial charge in [0.25, 0.3) is 22.2 Å². The molecule has 0 aliphatic heterocycles. The van der Waals surface area contributed by atoms with Gasteiger partial charge >= 0.3 is 0 Å². The second kappa shape index (κ2) is 25.5. The van der Waals surface area contributed by atoms with Gasteiger partial charge < -0.3 is 29.2 Å². The molecular weight excluding hydrogens is 1190 g/mol. The second-order valence-corrected chi connectivity index (χ2v) is 21.6. The van der Waals surface area contributed by atoms with Gasteiger partial charge in [0.05, 0.1) is 141 Å². The smallest absolute Gasteiger partial charge is 0.280 e. The molecule has 0 atom stereocenters. The van der Waals surface area contributed by atoms with Crippen molar-refractivity contribution in [1.29, 1.82) is 0 Å². The summed E-state index contributed by atoms with van der Waals surface area (Å²) in [7, 11) is -10.3. The number of hydrogen-bond donors (Lipinski definition) is 6. The number of nitrogens with one attached hydrogen (secondary N) is 4. The zero-order valence-electron chi connectivity index (χ0n) is 61.6. The summed E-state index contributed by atoms with van der Waals surface area (Å²) >= 11 is 0. The number of para-hydroxylation sites is 2. The van der Waals surface area contributed by atoms with Crippen molar-refractivity contribution in [2.24, 2.45) is 0 Å². The molecule has 0 fully saturated rings. The summed E-state index contributed by atoms with van der Waals surface area (Å²) in [5.41, 5.74) is 9.65. The second-order valence-electron chi connectivity index (χ2n) is 21.6. The highest BCUT2D eigenvalue weighted by molar-refractivity contribution is 6.06. The normalized spacial score (nSPS) is 13.7. The summed E-state index contributed by atoms with van der Waals surface area (Å²) in [6.07, 6.45) is 6.08. The third-order valence-corrected chi connectivity index (χ3v) is 15.7. The lowest BCUT2D eigenvalue weighted by molar-refractivity contribution is 0.282. The first-order chi connectivity index (χ1) is 50.4. The van der Waals surface area contributed by atoms with Crippen molar-refractivity contribution in [3.05, 3.63) is 258 Å². The van der Waals surface area contributed by atoms with Crippen LogP contribution in [0.15, 0.2) is 214 Å². The minimum atomic E-state index is -2.61. The van der Waals surface area contributed by atoms with E-state index in [4.69, 9.17) is 35.4 Å². The maximum atomic E-state index is 12.9. The zero-order valence-corrected chi connectivity index (χ0v) is 49.6. The van der Waals surface area contributed by atoms with Gasteiger partial charge in [0.15, 0.2) is 0 Å². The Kier molecular flexibility index (Phi) is 12.9. The molecule has 8 aromatic carbocycles. The summed E-state index contributed by atoms with van der Waals surface area (Å²) in [6.45, 7) is 3.73. The van der Waals surface area contributed by atoms with E-state index in [1.54, 1.807) is 97.2 Å². The van der Waals surface area contributed by atoms with Crippen LogP contribution in [-0.2, 0) is 13.2 Å². The molecule has 0 amide bonds. The highest BCUT2D eigenvalue weighted by Gasteiger charge is 2.18. The van der Waals surface area contributed by atoms with Crippen LogP contribution < -0.4 is 41.2 Å². The van der Waals surface area contributed by atoms with Crippen molar-refractivity contribution >= 4 is 87.2 Å². The molecule has 0 spiro atoms. The van der Waals surface area contributed by atoms with Crippen LogP contribution in [0.25, 0.3) is 110 Å². The fourth-order valence-electron chi connectivity index (χ4n) is 11.0. The Balaban J connectivity index is 0.000000125. The highest BCUT2D eigenvalue weighted by atomic mass is 16.5. The van der Waals surface area contributed by atoms with Crippen LogP contribution in [-0.4, -0.2) is 97.4 Å². The number of aliphatic hydroxyl groups is 2. The average Bonchev–Trinajstić information content (AvgIpc) is 1.63. The van der Waals surface area contributed by atoms with E-state index in [2.05, 4.69) is 40.3 Å². The van der Waals surface area contributed by atoms with Crippen LogP contribution in [0.4, 0.5) is 0 Å². The van der Waals surface area contributed by atoms with Crippen LogP contribution in [0.3, 0.4) is 0 Å². The van der Waals surface area contributed by atoms with Gasteiger partial charge in [-0.3, -0.25) is 59.5 Å². The standard InChI is InChI=1S/2C18H15N3O3.2C18H15N3O2/c1-24-13-5-3-12(4-6-13)21-18(23)15-9-19-16-7-2-11(10-22)8-14(16)17(15)20-21;1-24-13-4-2-3-12(8-13)21-18(23)15-9-19-16-6-5-11(10-22)7-14(16)17(15)20-21;1-11-6-7-14-16(8-11)19-10-15-17(14)20-21(18(15)22)12-4-3-5-13(9-12)23-2;1-11-7-8-12-14(9-11)19-10-13-17(12)20-21(18(13)22)15-5-3-4-6-16(15)23-2/h2*2-9,20,22H,10H2,1H3;2*3-10,20H,1-2H3/i2*1D3;2*2D3. The highest BCUT2D eigenvalue weighted by Crippen LogP contribution is 2.29. The molecule has 8 aromatic heterocycles. The quantitative estimate of drug-likeness (QED) is 0.0743. The summed E-state index contributed by atoms with van der Waals surface area (Å²) < 4.78 is 112. The molecule has 22 nitrogen and oxygen atoms in total. The lowest BCUT2D eigenvalue weighted by Gasteiger charge is -2.07. The maximum absolute atomic E-state index is 12.9. The summed E-state index contributed by atoms with van der Waals surface area (Å²) in [6, 6.07) is 47.6. The van der Waals surface area contributed by atoms with Crippen molar-refractivity contribution < 1.29 is 45.6 Å². The van der Waals surface area contributed by atoms with Crippen LogP contribution in [0.1, 0.15) is 38.7 Å². The Morgan fingerprint density at radius 1 is 0.372 bits per heavy atom. The van der Waals surface area contributed by atoms with E-state index in [1.165, 1.54) is 79.8 Å². The zero-order chi connectivity index (χ0) is 75.3. The van der Waals surface area contributed by atoms with Gasteiger partial charge in [0.2, 0.25) is 0 Å². The number of aliphatic hydroxyl groups excluding tert-OH is 2. The van der Waals surface area contributed by atoms with Crippen LogP contribution in [0.2, 0.25) is 0 Å². The van der Waals surface area contributed by atoms with Gasteiger partial charge in [-0.1, -0.05) is 60.7 Å². The number of nitrogens with zero attached hydrogens (tertiary/aromatic N) is 8. The molecule has 16 aromatic rings. The van der Waals surface area contributed by atoms with Crippen molar-refractivity contribution in [2.75, 3.05) is 28.2 Å². The summed E-state index contributed by atoms with van der Waals surface area (Å²) in [4.78, 5) is 68.6. The van der Waals surface area contributed by atoms with E-state index in [1.807, 2.05) is 50.2 Å². The number of fused-ring (bicyclic) bond motifs is 12. The number of methoxy groups -OCH3 is 4. The topological polar surface area (TPSA) is 280 Å². The Morgan fingerprint density at radius 2 is 0.787 bits per heavy atom. The first kappa shape index (κ1) is 47.5. The first-order valence-electron chi connectivity index (χ1n) is 34.8. The Hall–Kier alpha value is -12.4. The molecule has 0 saturated carbocycles. The number of pyridine rings is 4. The fraction of sp³-hybridized carbons (Fsp3) is 0.111. The van der Waals surface area contributed by atoms with E-state index >= 15 is 0 Å². The predicted molar refractivity (Wildman–Crippen MR) is 364 cm³/mol. The monoisotopic (exact) mass is 1260 g/mol. The number of H-pyrrole nitrogens is 4. The van der Waals surface area contributed by atoms with Gasteiger partial charge in [-0.15, -0.1) is 0 Å². The van der Waals surface area contributed by atoms with Crippen molar-refractivity contribution in [2.45, 2.75) is 27.1 Å². The molecule has 0 radical (unpaired) electrons. The van der Waals surface area contributed by atoms with Gasteiger partial charge in [-0.25, -0.2) is 18.7 Å². The molecule has 0 saturated heterocycles. The summed E-state index contributed by atoms with van der Waals surface area (Å²) in [5.74, 6) is 0.562. The SMILES string of the molecule is [2H]C([2H])([2H])Oc1ccc(-n2[nH]c3c(cnc4ccc(CO)cc43)c2=O)cc1.[2H]C([2H])([2H])Oc1cccc(-n2[nH]c3c(cnc4cc(C)ccc43)c2=O)c1.[2H]C([2H])([2H])Oc1cccc(-n2[nH]c3c(cnc4ccc(CO)cc43)c2=O)c1.[2H]C([2H])([2H])Oc1ccccc1-n1[nH]c2c(cnc3cc(C)ccc32)c1=O. The van der Waals surface area contributed by atoms with E-state index in [9.17, 15) is 29.4 Å². The third kappa shape index (κ3) is 11.3. The molecule has 468 valence electrons. The van der Waals surface area contributed by atoms with Crippen LogP contribution in [0.5, 0.6) is 23.0 Å². The van der Waals surface area contributed by atoms with E-state index in [-0.39, 0.29) is 58.4 Å². The minimum Gasteiger partial charge on any atom is -0.497 e. The molecule has 0 aliphatic rings. The van der Waals surface area contributed by atoms with E-state index in [0.29, 0.717) is 88.3 Å². The van der Waals surface area contributed by atoms with Crippen LogP contribution >= 0.6 is 0 Å². The Morgan fingerprint density at radius 3 is 1.26 bits per heavy atom. The predicted octanol–water partition coefficient (Wildman–Crippen LogP) is 11.1. The van der Waals surface area contributed by atoms with Crippen molar-refractivity contribution in [3.63, 3.8) is 0 Å². The molecule has 22 heteroatoms. The molecule has 0 bridgehead atoms. The van der Waals surface area contributed by atoms with Crippen molar-refractivity contribution in [3.8, 4) is 45.7 Å². The number of aromatic nitrogens is 12. The molecule has 6 N–H and O–H groups in total. The van der Waals surface area contributed by atoms with Crippen molar-refractivity contribution in [1.82, 2.24) is 59.1 Å². The number of hydrogen-bond acceptors (Lipinski definition) is 14. The third-order valence-electron chi connectivity index (χ3n) is 15.7. The van der Waals surface area contributed by atoms with Crippen LogP contribution in [0, 0.1) is 13.8 Å². The van der Waals surface area contributed by atoms with Gasteiger partial charge in [-0.2, -0.15) is 0 Å². The Bertz CT molecular complexity index is 6310. The minimum absolute atomic E-state index is 0.0919. The molecule has 0 aliphatic carbocycles. The number of aromatic amines is 4. The van der Waals surface area contributed by atoms with E-state index in [0.717, 1.165) is 43.9 Å². The average molecular weight is 1270 g/mol. The number of benzene rings is 8. The summed E-state index contributed by atoms with van der Waals surface area (Å²) in [5, 5.41) is 35.8.